The molecule has 0 aliphatic heterocycles. The lowest BCUT2D eigenvalue weighted by atomic mass is 10.0. The Kier molecular flexibility index (Phi) is 6.28. The van der Waals surface area contributed by atoms with Crippen molar-refractivity contribution in [2.45, 2.75) is 31.7 Å². The first-order valence-electron chi connectivity index (χ1n) is 8.05. The summed E-state index contributed by atoms with van der Waals surface area (Å²) in [5, 5.41) is 3.13. The predicted octanol–water partition coefficient (Wildman–Crippen LogP) is 3.37. The van der Waals surface area contributed by atoms with E-state index in [4.69, 9.17) is 17.3 Å². The molecule has 2 aromatic carbocycles. The minimum Gasteiger partial charge on any atom is -0.327 e. The molecule has 8 heteroatoms. The van der Waals surface area contributed by atoms with E-state index in [1.807, 2.05) is 0 Å². The van der Waals surface area contributed by atoms with E-state index < -0.39 is 15.9 Å². The molecule has 0 saturated carbocycles. The van der Waals surface area contributed by atoms with Crippen molar-refractivity contribution in [2.24, 2.45) is 11.7 Å². The molecule has 0 spiro atoms. The van der Waals surface area contributed by atoms with Crippen LogP contribution in [0.15, 0.2) is 47.4 Å². The quantitative estimate of drug-likeness (QED) is 0.697. The van der Waals surface area contributed by atoms with Crippen molar-refractivity contribution in [3.05, 3.63) is 53.1 Å². The summed E-state index contributed by atoms with van der Waals surface area (Å²) in [7, 11) is -3.84. The van der Waals surface area contributed by atoms with Gasteiger partial charge >= 0.3 is 0 Å². The average Bonchev–Trinajstić information content (AvgIpc) is 2.55. The molecule has 0 fully saturated rings. The largest absolute Gasteiger partial charge is 0.327 e. The van der Waals surface area contributed by atoms with Crippen LogP contribution in [0.25, 0.3) is 0 Å². The SMILES string of the molecule is Cc1ccc(NC(=O)C(C)C(C)N)cc1S(=O)(=O)Nc1cccc(Cl)c1. The number of sulfonamides is 1. The molecule has 2 rings (SSSR count). The molecule has 2 unspecified atom stereocenters. The standard InChI is InChI=1S/C18H22ClN3O3S/c1-11-7-8-15(21-18(23)12(2)13(3)20)10-17(11)26(24,25)22-16-6-4-5-14(19)9-16/h4-10,12-13,22H,20H2,1-3H3,(H,21,23). The number of hydrogen-bond donors (Lipinski definition) is 3. The highest BCUT2D eigenvalue weighted by atomic mass is 35.5. The van der Waals surface area contributed by atoms with Gasteiger partial charge in [0.1, 0.15) is 0 Å². The van der Waals surface area contributed by atoms with E-state index in [-0.39, 0.29) is 16.8 Å². The Hall–Kier alpha value is -2.09. The van der Waals surface area contributed by atoms with Gasteiger partial charge in [0.15, 0.2) is 0 Å². The van der Waals surface area contributed by atoms with Crippen molar-refractivity contribution in [1.82, 2.24) is 0 Å². The van der Waals surface area contributed by atoms with Gasteiger partial charge in [0.2, 0.25) is 5.91 Å². The molecule has 4 N–H and O–H groups in total. The Bertz CT molecular complexity index is 914. The van der Waals surface area contributed by atoms with Crippen LogP contribution in [0.3, 0.4) is 0 Å². The second-order valence-electron chi connectivity index (χ2n) is 6.23. The van der Waals surface area contributed by atoms with Gasteiger partial charge in [-0.15, -0.1) is 0 Å². The number of hydrogen-bond acceptors (Lipinski definition) is 4. The molecule has 2 atom stereocenters. The van der Waals surface area contributed by atoms with Gasteiger partial charge in [-0.1, -0.05) is 30.7 Å². The summed E-state index contributed by atoms with van der Waals surface area (Å²) in [6, 6.07) is 10.8. The summed E-state index contributed by atoms with van der Waals surface area (Å²) in [6.07, 6.45) is 0. The predicted molar refractivity (Wildman–Crippen MR) is 105 cm³/mol. The molecule has 0 heterocycles. The molecule has 2 aromatic rings. The van der Waals surface area contributed by atoms with E-state index in [9.17, 15) is 13.2 Å². The number of nitrogens with two attached hydrogens (primary N) is 1. The third-order valence-electron chi connectivity index (χ3n) is 4.02. The third kappa shape index (κ3) is 4.97. The lowest BCUT2D eigenvalue weighted by Crippen LogP contribution is -2.34. The number of aryl methyl sites for hydroxylation is 1. The normalized spacial score (nSPS) is 13.7. The second kappa shape index (κ2) is 8.07. The molecule has 26 heavy (non-hydrogen) atoms. The number of carbonyl (C=O) groups is 1. The van der Waals surface area contributed by atoms with E-state index in [1.165, 1.54) is 12.1 Å². The van der Waals surface area contributed by atoms with Crippen LogP contribution in [-0.4, -0.2) is 20.4 Å². The van der Waals surface area contributed by atoms with Gasteiger partial charge in [-0.05, 0) is 49.7 Å². The fourth-order valence-electron chi connectivity index (χ4n) is 2.22. The molecule has 140 valence electrons. The van der Waals surface area contributed by atoms with Crippen molar-refractivity contribution in [3.8, 4) is 0 Å². The van der Waals surface area contributed by atoms with Crippen LogP contribution in [0.1, 0.15) is 19.4 Å². The Morgan fingerprint density at radius 3 is 2.42 bits per heavy atom. The minimum absolute atomic E-state index is 0.0729. The van der Waals surface area contributed by atoms with Gasteiger partial charge < -0.3 is 11.1 Å². The number of anilines is 2. The van der Waals surface area contributed by atoms with Crippen molar-refractivity contribution >= 4 is 38.9 Å². The van der Waals surface area contributed by atoms with E-state index in [2.05, 4.69) is 10.0 Å². The molecule has 0 aliphatic rings. The highest BCUT2D eigenvalue weighted by Crippen LogP contribution is 2.24. The maximum atomic E-state index is 12.7. The Balaban J connectivity index is 2.29. The molecular formula is C18H22ClN3O3S. The fourth-order valence-corrected chi connectivity index (χ4v) is 3.74. The topological polar surface area (TPSA) is 101 Å². The number of carbonyl (C=O) groups excluding carboxylic acids is 1. The van der Waals surface area contributed by atoms with E-state index in [1.54, 1.807) is 51.1 Å². The molecule has 0 radical (unpaired) electrons. The minimum atomic E-state index is -3.84. The molecule has 0 bridgehead atoms. The highest BCUT2D eigenvalue weighted by Gasteiger charge is 2.20. The van der Waals surface area contributed by atoms with Crippen LogP contribution in [0.4, 0.5) is 11.4 Å². The van der Waals surface area contributed by atoms with Gasteiger partial charge in [-0.2, -0.15) is 0 Å². The number of halogens is 1. The lowest BCUT2D eigenvalue weighted by Gasteiger charge is -2.17. The average molecular weight is 396 g/mol. The third-order valence-corrected chi connectivity index (χ3v) is 5.78. The van der Waals surface area contributed by atoms with Crippen LogP contribution < -0.4 is 15.8 Å². The molecule has 1 amide bonds. The maximum absolute atomic E-state index is 12.7. The van der Waals surface area contributed by atoms with Crippen LogP contribution in [0, 0.1) is 12.8 Å². The monoisotopic (exact) mass is 395 g/mol. The zero-order chi connectivity index (χ0) is 19.5. The first-order chi connectivity index (χ1) is 12.1. The number of rotatable bonds is 6. The molecule has 0 aromatic heterocycles. The number of nitrogens with one attached hydrogen (secondary N) is 2. The van der Waals surface area contributed by atoms with Gasteiger partial charge in [0, 0.05) is 16.8 Å². The number of amides is 1. The summed E-state index contributed by atoms with van der Waals surface area (Å²) >= 11 is 5.90. The van der Waals surface area contributed by atoms with Crippen molar-refractivity contribution in [3.63, 3.8) is 0 Å². The highest BCUT2D eigenvalue weighted by molar-refractivity contribution is 7.92. The Labute approximate surface area is 158 Å². The molecule has 0 saturated heterocycles. The van der Waals surface area contributed by atoms with Crippen LogP contribution in [0.2, 0.25) is 5.02 Å². The van der Waals surface area contributed by atoms with E-state index in [0.717, 1.165) is 0 Å². The first-order valence-corrected chi connectivity index (χ1v) is 9.92. The smallest absolute Gasteiger partial charge is 0.262 e. The Morgan fingerprint density at radius 2 is 1.81 bits per heavy atom. The first kappa shape index (κ1) is 20.2. The second-order valence-corrected chi connectivity index (χ2v) is 8.32. The van der Waals surface area contributed by atoms with Crippen LogP contribution in [-0.2, 0) is 14.8 Å². The fraction of sp³-hybridized carbons (Fsp3) is 0.278. The van der Waals surface area contributed by atoms with Crippen molar-refractivity contribution < 1.29 is 13.2 Å². The van der Waals surface area contributed by atoms with Gasteiger partial charge in [-0.25, -0.2) is 8.42 Å². The summed E-state index contributed by atoms with van der Waals surface area (Å²) < 4.78 is 27.9. The maximum Gasteiger partial charge on any atom is 0.262 e. The summed E-state index contributed by atoms with van der Waals surface area (Å²) in [5.41, 5.74) is 7.03. The zero-order valence-electron chi connectivity index (χ0n) is 14.8. The summed E-state index contributed by atoms with van der Waals surface area (Å²) in [4.78, 5) is 12.2. The Morgan fingerprint density at radius 1 is 1.12 bits per heavy atom. The molecule has 0 aliphatic carbocycles. The van der Waals surface area contributed by atoms with Crippen LogP contribution >= 0.6 is 11.6 Å². The van der Waals surface area contributed by atoms with Gasteiger partial charge in [0.05, 0.1) is 16.5 Å². The number of benzene rings is 2. The lowest BCUT2D eigenvalue weighted by molar-refractivity contribution is -0.119. The summed E-state index contributed by atoms with van der Waals surface area (Å²) in [6.45, 7) is 5.14. The molecule has 6 nitrogen and oxygen atoms in total. The van der Waals surface area contributed by atoms with E-state index >= 15 is 0 Å². The van der Waals surface area contributed by atoms with Crippen LogP contribution in [0.5, 0.6) is 0 Å². The van der Waals surface area contributed by atoms with Crippen molar-refractivity contribution in [1.29, 1.82) is 0 Å². The van der Waals surface area contributed by atoms with Gasteiger partial charge in [-0.3, -0.25) is 9.52 Å². The summed E-state index contributed by atoms with van der Waals surface area (Å²) in [5.74, 6) is -0.670. The van der Waals surface area contributed by atoms with Crippen molar-refractivity contribution in [2.75, 3.05) is 10.0 Å². The molecular weight excluding hydrogens is 374 g/mol. The van der Waals surface area contributed by atoms with Gasteiger partial charge in [0.25, 0.3) is 10.0 Å². The van der Waals surface area contributed by atoms with E-state index in [0.29, 0.717) is 22.0 Å². The zero-order valence-corrected chi connectivity index (χ0v) is 16.4.